The summed E-state index contributed by atoms with van der Waals surface area (Å²) in [7, 11) is -1.02. The Bertz CT molecular complexity index is 1290. The maximum Gasteiger partial charge on any atom is 0.455 e. The van der Waals surface area contributed by atoms with Crippen LogP contribution in [0, 0.1) is 23.6 Å². The second-order valence-corrected chi connectivity index (χ2v) is 10.6. The van der Waals surface area contributed by atoms with E-state index in [9.17, 15) is 24.1 Å². The maximum atomic E-state index is 14.0. The van der Waals surface area contributed by atoms with E-state index in [4.69, 9.17) is 4.65 Å². The first-order valence-electron chi connectivity index (χ1n) is 13.4. The summed E-state index contributed by atoms with van der Waals surface area (Å²) in [6.45, 7) is 4.40. The van der Waals surface area contributed by atoms with Gasteiger partial charge in [0.15, 0.2) is 11.6 Å². The number of hydrogen-bond donors (Lipinski definition) is 2. The standard InChI is InChI=1S/C30H33BFNO5/c1-3-13-33-29(35)22-14-18(2)27-23(28(22)30(33)36)17-31(37)38-26(27)12-10-21(20-7-5-4-6-8-20)15-19-9-11-25(34)24(32)16-19/h4-9,11,15-16,22-23,26,28,34,37H,3,10,12-14,17H2,1-2H3/b21-15-/t22-,23+,26-,28-/m1/s1. The lowest BCUT2D eigenvalue weighted by Gasteiger charge is -2.42. The zero-order valence-corrected chi connectivity index (χ0v) is 21.8. The number of carbonyl (C=O) groups is 2. The zero-order valence-electron chi connectivity index (χ0n) is 21.8. The molecule has 2 fully saturated rings. The van der Waals surface area contributed by atoms with Gasteiger partial charge in [-0.3, -0.25) is 14.5 Å². The van der Waals surface area contributed by atoms with Gasteiger partial charge in [0.05, 0.1) is 17.9 Å². The molecule has 3 aliphatic rings. The van der Waals surface area contributed by atoms with Crippen LogP contribution in [0.3, 0.4) is 0 Å². The Balaban J connectivity index is 1.43. The predicted octanol–water partition coefficient (Wildman–Crippen LogP) is 5.08. The number of aromatic hydroxyl groups is 1. The first kappa shape index (κ1) is 26.4. The van der Waals surface area contributed by atoms with E-state index in [-0.39, 0.29) is 23.7 Å². The number of phenols is 1. The number of carbonyl (C=O) groups excluding carboxylic acids is 2. The summed E-state index contributed by atoms with van der Waals surface area (Å²) < 4.78 is 20.1. The van der Waals surface area contributed by atoms with Crippen molar-refractivity contribution < 1.29 is 28.8 Å². The fourth-order valence-corrected chi connectivity index (χ4v) is 6.48. The van der Waals surface area contributed by atoms with E-state index in [1.165, 1.54) is 17.0 Å². The van der Waals surface area contributed by atoms with Crippen molar-refractivity contribution >= 4 is 30.6 Å². The SMILES string of the molecule is CCCN1C(=O)[C@@H]2[C@@H](CC(C)=C3[C@@H](CC/C(=C/c4ccc(O)c(F)c4)c4ccccc4)OB(O)C[C@@H]32)C1=O. The first-order chi connectivity index (χ1) is 18.3. The van der Waals surface area contributed by atoms with Gasteiger partial charge in [-0.2, -0.15) is 0 Å². The monoisotopic (exact) mass is 517 g/mol. The van der Waals surface area contributed by atoms with Gasteiger partial charge in [0.2, 0.25) is 11.8 Å². The molecule has 38 heavy (non-hydrogen) atoms. The number of halogens is 1. The normalized spacial score (nSPS) is 25.6. The molecule has 1 aliphatic carbocycles. The van der Waals surface area contributed by atoms with Crippen LogP contribution in [-0.2, 0) is 14.2 Å². The van der Waals surface area contributed by atoms with Crippen molar-refractivity contribution in [3.63, 3.8) is 0 Å². The average molecular weight is 517 g/mol. The van der Waals surface area contributed by atoms with Gasteiger partial charge >= 0.3 is 7.12 Å². The molecule has 4 atom stereocenters. The molecular formula is C30H33BFNO5. The van der Waals surface area contributed by atoms with E-state index >= 15 is 0 Å². The third-order valence-electron chi connectivity index (χ3n) is 8.12. The molecule has 2 aliphatic heterocycles. The Morgan fingerprint density at radius 3 is 2.63 bits per heavy atom. The molecular weight excluding hydrogens is 484 g/mol. The van der Waals surface area contributed by atoms with Crippen LogP contribution in [0.15, 0.2) is 59.7 Å². The van der Waals surface area contributed by atoms with Crippen LogP contribution in [0.4, 0.5) is 4.39 Å². The number of allylic oxidation sites excluding steroid dienone is 2. The molecule has 0 bridgehead atoms. The Morgan fingerprint density at radius 1 is 1.16 bits per heavy atom. The van der Waals surface area contributed by atoms with Crippen molar-refractivity contribution in [1.29, 1.82) is 0 Å². The van der Waals surface area contributed by atoms with Crippen LogP contribution >= 0.6 is 0 Å². The van der Waals surface area contributed by atoms with Gasteiger partial charge in [-0.15, -0.1) is 0 Å². The third-order valence-corrected chi connectivity index (χ3v) is 8.12. The third kappa shape index (κ3) is 4.95. The summed E-state index contributed by atoms with van der Waals surface area (Å²) in [6.07, 6.45) is 4.19. The zero-order chi connectivity index (χ0) is 27.0. The number of benzene rings is 2. The van der Waals surface area contributed by atoms with Crippen molar-refractivity contribution in [2.45, 2.75) is 52.0 Å². The molecule has 2 N–H and O–H groups in total. The van der Waals surface area contributed by atoms with Crippen LogP contribution in [-0.4, -0.2) is 46.6 Å². The number of fused-ring (bicyclic) bond motifs is 3. The summed E-state index contributed by atoms with van der Waals surface area (Å²) >= 11 is 0. The molecule has 2 heterocycles. The van der Waals surface area contributed by atoms with Crippen LogP contribution in [0.1, 0.15) is 50.7 Å². The van der Waals surface area contributed by atoms with E-state index in [0.29, 0.717) is 37.7 Å². The lowest BCUT2D eigenvalue weighted by Crippen LogP contribution is -2.46. The second-order valence-electron chi connectivity index (χ2n) is 10.6. The van der Waals surface area contributed by atoms with Gasteiger partial charge in [-0.25, -0.2) is 4.39 Å². The summed E-state index contributed by atoms with van der Waals surface area (Å²) in [4.78, 5) is 27.8. The second kappa shape index (κ2) is 10.9. The smallest absolute Gasteiger partial charge is 0.455 e. The molecule has 2 saturated heterocycles. The Labute approximate surface area is 223 Å². The Morgan fingerprint density at radius 2 is 1.92 bits per heavy atom. The van der Waals surface area contributed by atoms with Crippen LogP contribution in [0.2, 0.25) is 6.32 Å². The average Bonchev–Trinajstić information content (AvgIpc) is 3.13. The van der Waals surface area contributed by atoms with E-state index in [2.05, 4.69) is 0 Å². The quantitative estimate of drug-likeness (QED) is 0.232. The fraction of sp³-hybridized carbons (Fsp3) is 0.400. The number of hydrogen-bond acceptors (Lipinski definition) is 5. The maximum absolute atomic E-state index is 14.0. The van der Waals surface area contributed by atoms with Crippen molar-refractivity contribution in [1.82, 2.24) is 4.90 Å². The molecule has 5 rings (SSSR count). The highest BCUT2D eigenvalue weighted by Gasteiger charge is 2.56. The van der Waals surface area contributed by atoms with Crippen LogP contribution in [0.25, 0.3) is 11.6 Å². The van der Waals surface area contributed by atoms with E-state index < -0.39 is 30.7 Å². The lowest BCUT2D eigenvalue weighted by molar-refractivity contribution is -0.140. The number of amides is 2. The summed E-state index contributed by atoms with van der Waals surface area (Å²) in [6, 6.07) is 14.1. The highest BCUT2D eigenvalue weighted by molar-refractivity contribution is 6.43. The molecule has 2 amide bonds. The molecule has 2 aromatic carbocycles. The molecule has 0 unspecified atom stereocenters. The fourth-order valence-electron chi connectivity index (χ4n) is 6.48. The molecule has 0 spiro atoms. The molecule has 2 aromatic rings. The van der Waals surface area contributed by atoms with Gasteiger partial charge < -0.3 is 14.8 Å². The van der Waals surface area contributed by atoms with E-state index in [0.717, 1.165) is 28.7 Å². The molecule has 0 saturated carbocycles. The minimum absolute atomic E-state index is 0.0896. The minimum Gasteiger partial charge on any atom is -0.505 e. The van der Waals surface area contributed by atoms with E-state index in [1.807, 2.05) is 50.3 Å². The number of imide groups is 1. The van der Waals surface area contributed by atoms with Crippen LogP contribution in [0.5, 0.6) is 5.75 Å². The van der Waals surface area contributed by atoms with Crippen molar-refractivity contribution in [2.75, 3.05) is 6.54 Å². The van der Waals surface area contributed by atoms with Gasteiger partial charge in [0, 0.05) is 6.54 Å². The summed E-state index contributed by atoms with van der Waals surface area (Å²) in [5.74, 6) is -2.32. The molecule has 0 radical (unpaired) electrons. The highest BCUT2D eigenvalue weighted by atomic mass is 19.1. The summed E-state index contributed by atoms with van der Waals surface area (Å²) in [5, 5.41) is 20.3. The topological polar surface area (TPSA) is 87.1 Å². The Kier molecular flexibility index (Phi) is 7.55. The molecule has 8 heteroatoms. The van der Waals surface area contributed by atoms with Gasteiger partial charge in [-0.05, 0) is 79.3 Å². The van der Waals surface area contributed by atoms with Crippen molar-refractivity contribution in [3.05, 3.63) is 76.6 Å². The lowest BCUT2D eigenvalue weighted by atomic mass is 9.58. The molecule has 198 valence electrons. The number of nitrogens with zero attached hydrogens (tertiary/aromatic N) is 1. The van der Waals surface area contributed by atoms with Gasteiger partial charge in [-0.1, -0.05) is 55.0 Å². The minimum atomic E-state index is -1.02. The van der Waals surface area contributed by atoms with Gasteiger partial charge in [0.1, 0.15) is 0 Å². The van der Waals surface area contributed by atoms with Crippen LogP contribution < -0.4 is 0 Å². The summed E-state index contributed by atoms with van der Waals surface area (Å²) in [5.41, 5.74) is 4.68. The highest BCUT2D eigenvalue weighted by Crippen LogP contribution is 2.50. The number of rotatable bonds is 7. The number of likely N-dealkylation sites (tertiary alicyclic amines) is 1. The predicted molar refractivity (Wildman–Crippen MR) is 144 cm³/mol. The van der Waals surface area contributed by atoms with Gasteiger partial charge in [0.25, 0.3) is 0 Å². The number of phenolic OH excluding ortho intramolecular Hbond substituents is 1. The van der Waals surface area contributed by atoms with Crippen molar-refractivity contribution in [2.24, 2.45) is 17.8 Å². The largest absolute Gasteiger partial charge is 0.505 e. The van der Waals surface area contributed by atoms with E-state index in [1.54, 1.807) is 6.07 Å². The molecule has 0 aromatic heterocycles. The Hall–Kier alpha value is -3.23. The van der Waals surface area contributed by atoms with Crippen molar-refractivity contribution in [3.8, 4) is 5.75 Å². The first-order valence-corrected chi connectivity index (χ1v) is 13.4. The molecule has 6 nitrogen and oxygen atoms in total.